The molecule has 0 saturated carbocycles. The van der Waals surface area contributed by atoms with E-state index in [-0.39, 0.29) is 18.4 Å². The average Bonchev–Trinajstić information content (AvgIpc) is 2.74. The van der Waals surface area contributed by atoms with Crippen molar-refractivity contribution in [3.8, 4) is 0 Å². The fraction of sp³-hybridized carbons (Fsp3) is 0.429. The molecule has 1 fully saturated rings. The first-order valence-electron chi connectivity index (χ1n) is 5.92. The van der Waals surface area contributed by atoms with Crippen LogP contribution in [0, 0.1) is 5.41 Å². The second kappa shape index (κ2) is 3.34. The Morgan fingerprint density at radius 2 is 2.06 bits per heavy atom. The number of esters is 2. The quantitative estimate of drug-likeness (QED) is 0.706. The SMILES string of the molecule is COC(=O)[C@@]12CC(=O)O[C@]1(C)c1ccccc1C2. The molecular formula is C14H14O4. The maximum atomic E-state index is 12.2. The van der Waals surface area contributed by atoms with Gasteiger partial charge in [0.2, 0.25) is 0 Å². The van der Waals surface area contributed by atoms with Crippen molar-refractivity contribution in [2.75, 3.05) is 7.11 Å². The normalized spacial score (nSPS) is 32.7. The minimum atomic E-state index is -0.900. The summed E-state index contributed by atoms with van der Waals surface area (Å²) in [5.74, 6) is -0.704. The molecule has 0 bridgehead atoms. The molecule has 4 heteroatoms. The number of hydrogen-bond donors (Lipinski definition) is 0. The zero-order valence-corrected chi connectivity index (χ0v) is 10.4. The molecule has 94 valence electrons. The minimum Gasteiger partial charge on any atom is -0.468 e. The molecule has 2 atom stereocenters. The van der Waals surface area contributed by atoms with E-state index in [0.717, 1.165) is 11.1 Å². The van der Waals surface area contributed by atoms with Crippen LogP contribution in [0.15, 0.2) is 24.3 Å². The first-order valence-corrected chi connectivity index (χ1v) is 5.92. The molecule has 4 nitrogen and oxygen atoms in total. The molecular weight excluding hydrogens is 232 g/mol. The fourth-order valence-electron chi connectivity index (χ4n) is 3.32. The van der Waals surface area contributed by atoms with Crippen molar-refractivity contribution in [3.05, 3.63) is 35.4 Å². The highest BCUT2D eigenvalue weighted by molar-refractivity contribution is 5.90. The highest BCUT2D eigenvalue weighted by Crippen LogP contribution is 2.59. The first kappa shape index (κ1) is 11.3. The van der Waals surface area contributed by atoms with E-state index in [9.17, 15) is 9.59 Å². The van der Waals surface area contributed by atoms with Crippen LogP contribution in [-0.4, -0.2) is 19.0 Å². The topological polar surface area (TPSA) is 52.6 Å². The van der Waals surface area contributed by atoms with E-state index in [1.165, 1.54) is 7.11 Å². The zero-order chi connectivity index (χ0) is 13.0. The van der Waals surface area contributed by atoms with Crippen LogP contribution in [0.2, 0.25) is 0 Å². The van der Waals surface area contributed by atoms with Gasteiger partial charge in [-0.25, -0.2) is 0 Å². The van der Waals surface area contributed by atoms with Gasteiger partial charge in [0.05, 0.1) is 13.5 Å². The molecule has 0 N–H and O–H groups in total. The number of carbonyl (C=O) groups is 2. The van der Waals surface area contributed by atoms with Crippen LogP contribution in [-0.2, 0) is 31.1 Å². The summed E-state index contributed by atoms with van der Waals surface area (Å²) in [5, 5.41) is 0. The first-order chi connectivity index (χ1) is 8.53. The largest absolute Gasteiger partial charge is 0.468 e. The number of carbonyl (C=O) groups excluding carboxylic acids is 2. The Bertz CT molecular complexity index is 550. The lowest BCUT2D eigenvalue weighted by atomic mass is 9.73. The third-order valence-corrected chi connectivity index (χ3v) is 4.28. The molecule has 2 aliphatic rings. The molecule has 0 unspecified atom stereocenters. The summed E-state index contributed by atoms with van der Waals surface area (Å²) in [6, 6.07) is 7.70. The van der Waals surface area contributed by atoms with Crippen molar-refractivity contribution in [2.24, 2.45) is 5.41 Å². The van der Waals surface area contributed by atoms with E-state index in [4.69, 9.17) is 9.47 Å². The Balaban J connectivity index is 2.21. The van der Waals surface area contributed by atoms with Crippen molar-refractivity contribution in [1.29, 1.82) is 0 Å². The summed E-state index contributed by atoms with van der Waals surface area (Å²) in [6.45, 7) is 1.81. The van der Waals surface area contributed by atoms with Gasteiger partial charge >= 0.3 is 11.9 Å². The van der Waals surface area contributed by atoms with E-state index in [2.05, 4.69) is 0 Å². The van der Waals surface area contributed by atoms with Gasteiger partial charge in [0.1, 0.15) is 5.41 Å². The third-order valence-electron chi connectivity index (χ3n) is 4.28. The molecule has 0 aromatic heterocycles. The molecule has 1 heterocycles. The van der Waals surface area contributed by atoms with Gasteiger partial charge in [0.15, 0.2) is 5.60 Å². The predicted molar refractivity (Wildman–Crippen MR) is 62.7 cm³/mol. The number of benzene rings is 1. The summed E-state index contributed by atoms with van der Waals surface area (Å²) >= 11 is 0. The lowest BCUT2D eigenvalue weighted by Crippen LogP contribution is -2.43. The van der Waals surface area contributed by atoms with Crippen LogP contribution in [0.5, 0.6) is 0 Å². The van der Waals surface area contributed by atoms with E-state index in [1.807, 2.05) is 24.3 Å². The van der Waals surface area contributed by atoms with Gasteiger partial charge in [0, 0.05) is 0 Å². The minimum absolute atomic E-state index is 0.0881. The van der Waals surface area contributed by atoms with Gasteiger partial charge in [-0.3, -0.25) is 9.59 Å². The van der Waals surface area contributed by atoms with E-state index in [0.29, 0.717) is 6.42 Å². The van der Waals surface area contributed by atoms with Gasteiger partial charge in [-0.15, -0.1) is 0 Å². The van der Waals surface area contributed by atoms with Crippen LogP contribution >= 0.6 is 0 Å². The number of fused-ring (bicyclic) bond motifs is 3. The van der Waals surface area contributed by atoms with Crippen LogP contribution < -0.4 is 0 Å². The van der Waals surface area contributed by atoms with Crippen molar-refractivity contribution < 1.29 is 19.1 Å². The van der Waals surface area contributed by atoms with E-state index >= 15 is 0 Å². The number of hydrogen-bond acceptors (Lipinski definition) is 4. The van der Waals surface area contributed by atoms with Crippen molar-refractivity contribution in [3.63, 3.8) is 0 Å². The van der Waals surface area contributed by atoms with Crippen molar-refractivity contribution in [1.82, 2.24) is 0 Å². The maximum Gasteiger partial charge on any atom is 0.317 e. The summed E-state index contributed by atoms with van der Waals surface area (Å²) in [4.78, 5) is 23.8. The molecule has 3 rings (SSSR count). The predicted octanol–water partition coefficient (Wildman–Crippen LogP) is 1.56. The maximum absolute atomic E-state index is 12.2. The monoisotopic (exact) mass is 246 g/mol. The Kier molecular flexibility index (Phi) is 2.09. The standard InChI is InChI=1S/C14H14O4/c1-13-10-6-4-3-5-9(10)7-14(13,12(16)17-2)8-11(15)18-13/h3-6H,7-8H2,1-2H3/t13-,14-/m1/s1. The summed E-state index contributed by atoms with van der Waals surface area (Å²) < 4.78 is 10.4. The third kappa shape index (κ3) is 1.10. The Hall–Kier alpha value is -1.84. The highest BCUT2D eigenvalue weighted by Gasteiger charge is 2.67. The second-order valence-corrected chi connectivity index (χ2v) is 5.09. The summed E-state index contributed by atoms with van der Waals surface area (Å²) in [5.41, 5.74) is 0.176. The molecule has 18 heavy (non-hydrogen) atoms. The van der Waals surface area contributed by atoms with Crippen LogP contribution in [0.25, 0.3) is 0 Å². The molecule has 1 saturated heterocycles. The summed E-state index contributed by atoms with van der Waals surface area (Å²) in [6.07, 6.45) is 0.586. The molecule has 1 aliphatic heterocycles. The zero-order valence-electron chi connectivity index (χ0n) is 10.4. The van der Waals surface area contributed by atoms with Gasteiger partial charge in [-0.2, -0.15) is 0 Å². The Morgan fingerprint density at radius 1 is 1.33 bits per heavy atom. The van der Waals surface area contributed by atoms with Gasteiger partial charge < -0.3 is 9.47 Å². The Labute approximate surface area is 105 Å². The second-order valence-electron chi connectivity index (χ2n) is 5.09. The van der Waals surface area contributed by atoms with Crippen molar-refractivity contribution in [2.45, 2.75) is 25.4 Å². The lowest BCUT2D eigenvalue weighted by molar-refractivity contribution is -0.165. The van der Waals surface area contributed by atoms with Gasteiger partial charge in [0.25, 0.3) is 0 Å². The fourth-order valence-corrected chi connectivity index (χ4v) is 3.32. The molecule has 0 radical (unpaired) electrons. The highest BCUT2D eigenvalue weighted by atomic mass is 16.6. The van der Waals surface area contributed by atoms with Crippen molar-refractivity contribution >= 4 is 11.9 Å². The average molecular weight is 246 g/mol. The van der Waals surface area contributed by atoms with E-state index < -0.39 is 11.0 Å². The molecule has 1 aromatic rings. The molecule has 1 aliphatic carbocycles. The van der Waals surface area contributed by atoms with Gasteiger partial charge in [-0.1, -0.05) is 24.3 Å². The van der Waals surface area contributed by atoms with Crippen LogP contribution in [0.1, 0.15) is 24.5 Å². The molecule has 1 aromatic carbocycles. The lowest BCUT2D eigenvalue weighted by Gasteiger charge is -2.32. The van der Waals surface area contributed by atoms with Gasteiger partial charge in [-0.05, 0) is 24.5 Å². The van der Waals surface area contributed by atoms with Crippen LogP contribution in [0.4, 0.5) is 0 Å². The van der Waals surface area contributed by atoms with Crippen LogP contribution in [0.3, 0.4) is 0 Å². The molecule has 0 amide bonds. The number of ether oxygens (including phenoxy) is 2. The molecule has 0 spiro atoms. The Morgan fingerprint density at radius 3 is 2.78 bits per heavy atom. The van der Waals surface area contributed by atoms with E-state index in [1.54, 1.807) is 6.92 Å². The summed E-state index contributed by atoms with van der Waals surface area (Å²) in [7, 11) is 1.35. The number of rotatable bonds is 1. The number of methoxy groups -OCH3 is 1. The smallest absolute Gasteiger partial charge is 0.317 e.